The minimum absolute atomic E-state index is 0.0230. The number of aliphatic hydroxyl groups excluding tert-OH is 2. The van der Waals surface area contributed by atoms with Crippen molar-refractivity contribution in [2.45, 2.75) is 192 Å². The number of fused-ring (bicyclic) bond motifs is 3. The van der Waals surface area contributed by atoms with Crippen LogP contribution in [0.5, 0.6) is 0 Å². The van der Waals surface area contributed by atoms with E-state index < -0.39 is 71.8 Å². The van der Waals surface area contributed by atoms with E-state index in [-0.39, 0.29) is 55.4 Å². The van der Waals surface area contributed by atoms with Crippen LogP contribution in [0, 0.1) is 35.5 Å². The minimum atomic E-state index is -2.49. The lowest BCUT2D eigenvalue weighted by atomic mass is 9.81. The van der Waals surface area contributed by atoms with Gasteiger partial charge >= 0.3 is 5.97 Å². The molecule has 3 heterocycles. The zero-order valence-electron chi connectivity index (χ0n) is 38.1. The fourth-order valence-corrected chi connectivity index (χ4v) is 10.7. The van der Waals surface area contributed by atoms with Crippen molar-refractivity contribution in [3.8, 4) is 0 Å². The summed E-state index contributed by atoms with van der Waals surface area (Å²) in [5, 5.41) is 34.2. The van der Waals surface area contributed by atoms with Gasteiger partial charge in [0.1, 0.15) is 18.2 Å². The van der Waals surface area contributed by atoms with Crippen LogP contribution in [0.4, 0.5) is 0 Å². The second-order valence-corrected chi connectivity index (χ2v) is 19.5. The predicted molar refractivity (Wildman–Crippen MR) is 232 cm³/mol. The average Bonchev–Trinajstić information content (AvgIpc) is 3.25. The Morgan fingerprint density at radius 1 is 0.852 bits per heavy atom. The van der Waals surface area contributed by atoms with Gasteiger partial charge in [-0.3, -0.25) is 14.4 Å². The van der Waals surface area contributed by atoms with Crippen molar-refractivity contribution in [1.82, 2.24) is 4.90 Å². The Labute approximate surface area is 364 Å². The Morgan fingerprint density at radius 2 is 1.51 bits per heavy atom. The van der Waals surface area contributed by atoms with Crippen LogP contribution in [0.25, 0.3) is 0 Å². The van der Waals surface area contributed by atoms with E-state index in [9.17, 15) is 34.5 Å². The number of cyclic esters (lactones) is 1. The largest absolute Gasteiger partial charge is 0.456 e. The molecule has 0 aromatic rings. The summed E-state index contributed by atoms with van der Waals surface area (Å²) >= 11 is 0. The molecule has 2 saturated carbocycles. The monoisotopic (exact) mass is 856 g/mol. The Kier molecular flexibility index (Phi) is 18.4. The zero-order valence-corrected chi connectivity index (χ0v) is 38.1. The first kappa shape index (κ1) is 49.3. The predicted octanol–water partition coefficient (Wildman–Crippen LogP) is 6.96. The second kappa shape index (κ2) is 22.7. The maximum atomic E-state index is 14.4. The Morgan fingerprint density at radius 3 is 2.18 bits per heavy atom. The van der Waals surface area contributed by atoms with Gasteiger partial charge in [-0.1, -0.05) is 71.3 Å². The maximum Gasteiger partial charge on any atom is 0.329 e. The number of carbonyl (C=O) groups is 4. The maximum absolute atomic E-state index is 14.4. The molecule has 0 aromatic heterocycles. The molecule has 5 aliphatic rings. The van der Waals surface area contributed by atoms with E-state index in [0.717, 1.165) is 31.3 Å². The Hall–Kier alpha value is -2.74. The number of carbonyl (C=O) groups excluding carboxylic acids is 4. The summed E-state index contributed by atoms with van der Waals surface area (Å²) in [6.45, 7) is 9.57. The van der Waals surface area contributed by atoms with Crippen LogP contribution >= 0.6 is 0 Å². The van der Waals surface area contributed by atoms with Gasteiger partial charge < -0.3 is 39.2 Å². The number of ketones is 2. The number of rotatable bonds is 7. The summed E-state index contributed by atoms with van der Waals surface area (Å²) in [7, 11) is 3.10. The van der Waals surface area contributed by atoms with E-state index in [1.807, 2.05) is 13.0 Å². The van der Waals surface area contributed by atoms with E-state index in [2.05, 4.69) is 32.1 Å². The number of methoxy groups -OCH3 is 2. The summed E-state index contributed by atoms with van der Waals surface area (Å²) in [5.41, 5.74) is 1.36. The molecule has 3 N–H and O–H groups in total. The Balaban J connectivity index is 1.53. The molecule has 2 aliphatic carbocycles. The van der Waals surface area contributed by atoms with Gasteiger partial charge in [0.05, 0.1) is 24.4 Å². The second-order valence-electron chi connectivity index (χ2n) is 19.5. The van der Waals surface area contributed by atoms with Crippen LogP contribution in [0.15, 0.2) is 35.5 Å². The van der Waals surface area contributed by atoms with Crippen LogP contribution in [0.2, 0.25) is 0 Å². The summed E-state index contributed by atoms with van der Waals surface area (Å²) in [5.74, 6) is -6.39. The lowest BCUT2D eigenvalue weighted by molar-refractivity contribution is -0.302. The number of piperidine rings is 1. The van der Waals surface area contributed by atoms with E-state index >= 15 is 0 Å². The van der Waals surface area contributed by atoms with Crippen molar-refractivity contribution in [2.24, 2.45) is 35.5 Å². The molecule has 5 rings (SSSR count). The molecule has 11 atom stereocenters. The first-order valence-electron chi connectivity index (χ1n) is 23.5. The summed E-state index contributed by atoms with van der Waals surface area (Å²) in [6, 6.07) is -1.12. The molecule has 0 radical (unpaired) electrons. The molecule has 11 unspecified atom stereocenters. The quantitative estimate of drug-likeness (QED) is 0.138. The molecule has 2 bridgehead atoms. The first-order chi connectivity index (χ1) is 29.1. The van der Waals surface area contributed by atoms with Crippen molar-refractivity contribution in [2.75, 3.05) is 20.8 Å². The van der Waals surface area contributed by atoms with Gasteiger partial charge in [0.2, 0.25) is 5.79 Å². The molecule has 4 fully saturated rings. The number of Topliss-reactive ketones (excluding diaryl/α,β-unsaturated/α-hetero) is 2. The molecule has 344 valence electrons. The molecule has 1 amide bonds. The minimum Gasteiger partial charge on any atom is -0.456 e. The van der Waals surface area contributed by atoms with Crippen LogP contribution < -0.4 is 0 Å². The summed E-state index contributed by atoms with van der Waals surface area (Å²) in [6.07, 6.45) is 15.9. The van der Waals surface area contributed by atoms with E-state index in [0.29, 0.717) is 56.4 Å². The van der Waals surface area contributed by atoms with Gasteiger partial charge in [-0.05, 0) is 125 Å². The first-order valence-corrected chi connectivity index (χ1v) is 23.5. The molecule has 2 saturated heterocycles. The van der Waals surface area contributed by atoms with Gasteiger partial charge in [-0.2, -0.15) is 0 Å². The normalized spacial score (nSPS) is 39.9. The standard InChI is InChI=1S/C49H77NO11/c1-30-24-31(2)26-42(58-6)45-43(59-7)28-33(4)49(57,61-45)46(54)47(55)50-23-12-11-18-39(50)48(56)60-44(32(3)27-36-19-21-38(51)22-20-36)34(5)40(52)29-41(53)37(25-30)17-13-16-35-14-9-8-10-15-35/h13,16,25,27,30-31,33-36,38-40,42-45,51-52,57H,8-12,14-15,17-24,26,28-29H2,1-7H3/b16-13?,32-27?,37-25+. The van der Waals surface area contributed by atoms with Crippen molar-refractivity contribution in [3.05, 3.63) is 35.5 Å². The van der Waals surface area contributed by atoms with Crippen LogP contribution in [-0.2, 0) is 38.1 Å². The van der Waals surface area contributed by atoms with E-state index in [1.54, 1.807) is 28.1 Å². The molecular formula is C49H77NO11. The van der Waals surface area contributed by atoms with Crippen molar-refractivity contribution < 1.29 is 53.4 Å². The molecule has 3 aliphatic heterocycles. The Bertz CT molecular complexity index is 1580. The summed E-state index contributed by atoms with van der Waals surface area (Å²) in [4.78, 5) is 58.5. The lowest BCUT2D eigenvalue weighted by Crippen LogP contribution is -2.64. The van der Waals surface area contributed by atoms with Crippen LogP contribution in [-0.4, -0.2) is 113 Å². The lowest BCUT2D eigenvalue weighted by Gasteiger charge is -2.47. The van der Waals surface area contributed by atoms with E-state index in [1.165, 1.54) is 24.2 Å². The van der Waals surface area contributed by atoms with Gasteiger partial charge in [-0.25, -0.2) is 4.79 Å². The van der Waals surface area contributed by atoms with Crippen molar-refractivity contribution in [1.29, 1.82) is 0 Å². The molecule has 12 nitrogen and oxygen atoms in total. The van der Waals surface area contributed by atoms with Crippen LogP contribution in [0.1, 0.15) is 144 Å². The fourth-order valence-electron chi connectivity index (χ4n) is 10.7. The molecule has 12 heteroatoms. The molecule has 0 spiro atoms. The smallest absolute Gasteiger partial charge is 0.329 e. The van der Waals surface area contributed by atoms with E-state index in [4.69, 9.17) is 18.9 Å². The number of hydrogen-bond donors (Lipinski definition) is 3. The number of amides is 1. The number of esters is 1. The topological polar surface area (TPSA) is 169 Å². The number of nitrogens with zero attached hydrogens (tertiary/aromatic N) is 1. The van der Waals surface area contributed by atoms with Crippen molar-refractivity contribution >= 4 is 23.4 Å². The number of allylic oxidation sites excluding steroid dienone is 5. The third-order valence-electron chi connectivity index (χ3n) is 14.5. The molecule has 61 heavy (non-hydrogen) atoms. The van der Waals surface area contributed by atoms with Crippen LogP contribution in [0.3, 0.4) is 0 Å². The third-order valence-corrected chi connectivity index (χ3v) is 14.5. The van der Waals surface area contributed by atoms with Gasteiger partial charge in [-0.15, -0.1) is 0 Å². The molecule has 0 aromatic carbocycles. The fraction of sp³-hybridized carbons (Fsp3) is 0.796. The highest BCUT2D eigenvalue weighted by molar-refractivity contribution is 6.39. The highest BCUT2D eigenvalue weighted by Gasteiger charge is 2.56. The number of hydrogen-bond acceptors (Lipinski definition) is 11. The molecular weight excluding hydrogens is 779 g/mol. The van der Waals surface area contributed by atoms with Gasteiger partial charge in [0.25, 0.3) is 11.7 Å². The van der Waals surface area contributed by atoms with Crippen molar-refractivity contribution in [3.63, 3.8) is 0 Å². The number of ether oxygens (including phenoxy) is 4. The summed E-state index contributed by atoms with van der Waals surface area (Å²) < 4.78 is 24.5. The average molecular weight is 856 g/mol. The zero-order chi connectivity index (χ0) is 44.4. The van der Waals surface area contributed by atoms with Gasteiger partial charge in [0.15, 0.2) is 5.78 Å². The highest BCUT2D eigenvalue weighted by atomic mass is 16.7. The number of aliphatic hydroxyl groups is 3. The SMILES string of the molecule is COC1CC(C)CC(C)/C=C(\CC=CC2CCCCC2)C(=O)CC(O)C(C)C(C(C)=CC2CCC(O)CC2)OC(=O)C2CCCCN2C(=O)C(=O)C2(O)OC1C(OC)CC2C. The highest BCUT2D eigenvalue weighted by Crippen LogP contribution is 2.39. The third kappa shape index (κ3) is 12.7. The van der Waals surface area contributed by atoms with Gasteiger partial charge in [0, 0.05) is 39.0 Å².